The summed E-state index contributed by atoms with van der Waals surface area (Å²) in [7, 11) is -3.47. The second kappa shape index (κ2) is 8.89. The van der Waals surface area contributed by atoms with Gasteiger partial charge in [-0.3, -0.25) is 5.10 Å². The SMILES string of the molecule is Cc1nc(-c2cccc(NC(=O)NCCS(=O)(=O)N3CC(C)OC(C)C3)c2)n[nH]1. The summed E-state index contributed by atoms with van der Waals surface area (Å²) >= 11 is 0. The number of nitrogens with one attached hydrogen (secondary N) is 3. The summed E-state index contributed by atoms with van der Waals surface area (Å²) in [5, 5.41) is 12.1. The Morgan fingerprint density at radius 3 is 2.69 bits per heavy atom. The molecule has 2 heterocycles. The average Bonchev–Trinajstić information content (AvgIpc) is 3.07. The molecule has 2 atom stereocenters. The van der Waals surface area contributed by atoms with Crippen LogP contribution in [0.5, 0.6) is 0 Å². The molecule has 29 heavy (non-hydrogen) atoms. The van der Waals surface area contributed by atoms with Gasteiger partial charge in [-0.2, -0.15) is 9.40 Å². The molecule has 1 aliphatic heterocycles. The van der Waals surface area contributed by atoms with Gasteiger partial charge in [-0.1, -0.05) is 12.1 Å². The van der Waals surface area contributed by atoms with Crippen LogP contribution >= 0.6 is 0 Å². The van der Waals surface area contributed by atoms with Crippen LogP contribution in [0.2, 0.25) is 0 Å². The Bertz CT molecular complexity index is 951. The maximum atomic E-state index is 12.5. The fourth-order valence-corrected chi connectivity index (χ4v) is 4.66. The van der Waals surface area contributed by atoms with Crippen molar-refractivity contribution in [3.63, 3.8) is 0 Å². The molecule has 1 aromatic heterocycles. The summed E-state index contributed by atoms with van der Waals surface area (Å²) in [6.07, 6.45) is -0.297. The number of hydrogen-bond donors (Lipinski definition) is 3. The first-order valence-corrected chi connectivity index (χ1v) is 11.0. The molecule has 2 amide bonds. The Balaban J connectivity index is 1.51. The third-order valence-electron chi connectivity index (χ3n) is 4.40. The van der Waals surface area contributed by atoms with E-state index >= 15 is 0 Å². The number of urea groups is 1. The highest BCUT2D eigenvalue weighted by atomic mass is 32.2. The molecule has 3 rings (SSSR count). The standard InChI is InChI=1S/C18H26N6O4S/c1-12-10-24(11-13(2)28-12)29(26,27)8-7-19-18(25)21-16-6-4-5-15(9-16)17-20-14(3)22-23-17/h4-6,9,12-13H,7-8,10-11H2,1-3H3,(H2,19,21,25)(H,20,22,23). The number of carbonyl (C=O) groups excluding carboxylic acids is 1. The molecule has 1 aromatic carbocycles. The van der Waals surface area contributed by atoms with Gasteiger partial charge in [0.1, 0.15) is 5.82 Å². The van der Waals surface area contributed by atoms with Crippen molar-refractivity contribution in [3.05, 3.63) is 30.1 Å². The molecule has 2 aromatic rings. The largest absolute Gasteiger partial charge is 0.373 e. The van der Waals surface area contributed by atoms with Crippen LogP contribution in [0.1, 0.15) is 19.7 Å². The average molecular weight is 423 g/mol. The number of morpholine rings is 1. The van der Waals surface area contributed by atoms with E-state index in [0.717, 1.165) is 5.56 Å². The molecule has 11 heteroatoms. The summed E-state index contributed by atoms with van der Waals surface area (Å²) in [4.78, 5) is 16.4. The van der Waals surface area contributed by atoms with Gasteiger partial charge in [-0.25, -0.2) is 18.2 Å². The normalized spacial score (nSPS) is 20.4. The molecule has 0 aliphatic carbocycles. The zero-order valence-corrected chi connectivity index (χ0v) is 17.5. The van der Waals surface area contributed by atoms with E-state index < -0.39 is 16.1 Å². The number of sulfonamides is 1. The zero-order chi connectivity index (χ0) is 21.0. The predicted octanol–water partition coefficient (Wildman–Crippen LogP) is 1.34. The van der Waals surface area contributed by atoms with Gasteiger partial charge in [0, 0.05) is 30.9 Å². The van der Waals surface area contributed by atoms with Gasteiger partial charge in [0.15, 0.2) is 5.82 Å². The number of ether oxygens (including phenoxy) is 1. The lowest BCUT2D eigenvalue weighted by Gasteiger charge is -2.34. The van der Waals surface area contributed by atoms with Crippen LogP contribution in [-0.2, 0) is 14.8 Å². The Labute approximate surface area is 170 Å². The fraction of sp³-hybridized carbons (Fsp3) is 0.500. The third-order valence-corrected chi connectivity index (χ3v) is 6.21. The molecule has 0 radical (unpaired) electrons. The van der Waals surface area contributed by atoms with Gasteiger partial charge in [-0.05, 0) is 32.9 Å². The molecule has 3 N–H and O–H groups in total. The molecule has 0 bridgehead atoms. The van der Waals surface area contributed by atoms with Crippen molar-refractivity contribution in [2.45, 2.75) is 33.0 Å². The second-order valence-corrected chi connectivity index (χ2v) is 9.18. The minimum absolute atomic E-state index is 0.00803. The lowest BCUT2D eigenvalue weighted by atomic mass is 10.2. The number of benzene rings is 1. The van der Waals surface area contributed by atoms with Crippen LogP contribution in [0.15, 0.2) is 24.3 Å². The first-order valence-electron chi connectivity index (χ1n) is 9.40. The number of aromatic nitrogens is 3. The quantitative estimate of drug-likeness (QED) is 0.644. The van der Waals surface area contributed by atoms with Gasteiger partial charge in [0.05, 0.1) is 18.0 Å². The van der Waals surface area contributed by atoms with Gasteiger partial charge in [0.25, 0.3) is 0 Å². The van der Waals surface area contributed by atoms with Crippen molar-refractivity contribution in [1.29, 1.82) is 0 Å². The van der Waals surface area contributed by atoms with Crippen molar-refractivity contribution in [2.75, 3.05) is 30.7 Å². The molecule has 0 spiro atoms. The second-order valence-electron chi connectivity index (χ2n) is 7.10. The molecular weight excluding hydrogens is 396 g/mol. The van der Waals surface area contributed by atoms with Crippen LogP contribution in [0.3, 0.4) is 0 Å². The Morgan fingerprint density at radius 1 is 1.31 bits per heavy atom. The van der Waals surface area contributed by atoms with Crippen LogP contribution in [0.4, 0.5) is 10.5 Å². The number of aromatic amines is 1. The number of H-pyrrole nitrogens is 1. The summed E-state index contributed by atoms with van der Waals surface area (Å²) in [5.74, 6) is 1.06. The molecule has 1 saturated heterocycles. The first-order chi connectivity index (χ1) is 13.7. The van der Waals surface area contributed by atoms with Crippen LogP contribution in [0, 0.1) is 6.92 Å². The van der Waals surface area contributed by atoms with Crippen molar-refractivity contribution >= 4 is 21.7 Å². The maximum absolute atomic E-state index is 12.5. The maximum Gasteiger partial charge on any atom is 0.319 e. The minimum atomic E-state index is -3.47. The first kappa shape index (κ1) is 21.2. The highest BCUT2D eigenvalue weighted by Crippen LogP contribution is 2.19. The highest BCUT2D eigenvalue weighted by Gasteiger charge is 2.30. The van der Waals surface area contributed by atoms with E-state index in [1.54, 1.807) is 25.1 Å². The summed E-state index contributed by atoms with van der Waals surface area (Å²) in [5.41, 5.74) is 1.31. The minimum Gasteiger partial charge on any atom is -0.373 e. The van der Waals surface area contributed by atoms with E-state index in [0.29, 0.717) is 30.4 Å². The van der Waals surface area contributed by atoms with E-state index in [1.165, 1.54) is 4.31 Å². The van der Waals surface area contributed by atoms with Crippen LogP contribution < -0.4 is 10.6 Å². The van der Waals surface area contributed by atoms with Crippen LogP contribution in [0.25, 0.3) is 11.4 Å². The number of amides is 2. The van der Waals surface area contributed by atoms with E-state index in [9.17, 15) is 13.2 Å². The Kier molecular flexibility index (Phi) is 6.50. The Morgan fingerprint density at radius 2 is 2.03 bits per heavy atom. The number of hydrogen-bond acceptors (Lipinski definition) is 6. The van der Waals surface area contributed by atoms with E-state index in [-0.39, 0.29) is 24.5 Å². The number of rotatable bonds is 6. The lowest BCUT2D eigenvalue weighted by molar-refractivity contribution is -0.0440. The molecule has 1 fully saturated rings. The number of nitrogens with zero attached hydrogens (tertiary/aromatic N) is 3. The van der Waals surface area contributed by atoms with E-state index in [1.807, 2.05) is 19.9 Å². The fourth-order valence-electron chi connectivity index (χ4n) is 3.16. The monoisotopic (exact) mass is 422 g/mol. The number of aryl methyl sites for hydroxylation is 1. The Hall–Kier alpha value is -2.50. The van der Waals surface area contributed by atoms with Crippen molar-refractivity contribution in [1.82, 2.24) is 24.8 Å². The summed E-state index contributed by atoms with van der Waals surface area (Å²) in [6.45, 7) is 6.15. The van der Waals surface area contributed by atoms with Gasteiger partial charge < -0.3 is 15.4 Å². The smallest absolute Gasteiger partial charge is 0.319 e. The molecular formula is C18H26N6O4S. The van der Waals surface area contributed by atoms with Crippen molar-refractivity contribution < 1.29 is 17.9 Å². The lowest BCUT2D eigenvalue weighted by Crippen LogP contribution is -2.49. The summed E-state index contributed by atoms with van der Waals surface area (Å²) < 4.78 is 32.0. The van der Waals surface area contributed by atoms with Gasteiger partial charge in [0.2, 0.25) is 10.0 Å². The van der Waals surface area contributed by atoms with Gasteiger partial charge >= 0.3 is 6.03 Å². The van der Waals surface area contributed by atoms with Crippen molar-refractivity contribution in [3.8, 4) is 11.4 Å². The van der Waals surface area contributed by atoms with E-state index in [2.05, 4.69) is 25.8 Å². The highest BCUT2D eigenvalue weighted by molar-refractivity contribution is 7.89. The zero-order valence-electron chi connectivity index (χ0n) is 16.7. The van der Waals surface area contributed by atoms with E-state index in [4.69, 9.17) is 4.74 Å². The predicted molar refractivity (Wildman–Crippen MR) is 109 cm³/mol. The molecule has 158 valence electrons. The molecule has 0 saturated carbocycles. The van der Waals surface area contributed by atoms with Crippen molar-refractivity contribution in [2.24, 2.45) is 0 Å². The topological polar surface area (TPSA) is 129 Å². The number of anilines is 1. The van der Waals surface area contributed by atoms with Crippen LogP contribution in [-0.4, -0.2) is 71.5 Å². The number of carbonyl (C=O) groups is 1. The summed E-state index contributed by atoms with van der Waals surface area (Å²) in [6, 6.07) is 6.61. The third kappa shape index (κ3) is 5.75. The van der Waals surface area contributed by atoms with Gasteiger partial charge in [-0.15, -0.1) is 0 Å². The molecule has 1 aliphatic rings. The molecule has 10 nitrogen and oxygen atoms in total. The molecule has 2 unspecified atom stereocenters.